The lowest BCUT2D eigenvalue weighted by molar-refractivity contribution is -0.137. The summed E-state index contributed by atoms with van der Waals surface area (Å²) in [6.07, 6.45) is 0.274. The number of anilines is 1. The molecule has 0 unspecified atom stereocenters. The van der Waals surface area contributed by atoms with Crippen LogP contribution in [0.1, 0.15) is 16.7 Å². The summed E-state index contributed by atoms with van der Waals surface area (Å²) in [5.41, 5.74) is 1.59. The Labute approximate surface area is 125 Å². The van der Waals surface area contributed by atoms with Gasteiger partial charge in [-0.1, -0.05) is 0 Å². The molecule has 3 rings (SSSR count). The van der Waals surface area contributed by atoms with Crippen molar-refractivity contribution in [3.8, 4) is 11.1 Å². The Bertz CT molecular complexity index is 734. The summed E-state index contributed by atoms with van der Waals surface area (Å²) in [4.78, 5) is 14.1. The van der Waals surface area contributed by atoms with Crippen molar-refractivity contribution < 1.29 is 13.2 Å². The second-order valence-corrected chi connectivity index (χ2v) is 5.23. The molecule has 0 spiro atoms. The SMILES string of the molecule is CN(C)c1ncc(-c2cc(C(F)(F)F)cc3c2C=NC3)cn1. The highest BCUT2D eigenvalue weighted by Crippen LogP contribution is 2.36. The van der Waals surface area contributed by atoms with E-state index in [1.807, 2.05) is 0 Å². The van der Waals surface area contributed by atoms with Gasteiger partial charge >= 0.3 is 6.18 Å². The minimum Gasteiger partial charge on any atom is -0.347 e. The van der Waals surface area contributed by atoms with Crippen LogP contribution in [0.2, 0.25) is 0 Å². The number of aromatic nitrogens is 2. The van der Waals surface area contributed by atoms with Gasteiger partial charge in [0.1, 0.15) is 0 Å². The molecule has 1 aromatic heterocycles. The molecule has 0 saturated heterocycles. The van der Waals surface area contributed by atoms with Crippen molar-refractivity contribution in [3.05, 3.63) is 41.2 Å². The van der Waals surface area contributed by atoms with Crippen LogP contribution in [-0.4, -0.2) is 30.3 Å². The van der Waals surface area contributed by atoms with Crippen LogP contribution in [-0.2, 0) is 12.7 Å². The Hall–Kier alpha value is -2.44. The van der Waals surface area contributed by atoms with Crippen molar-refractivity contribution >= 4 is 12.2 Å². The van der Waals surface area contributed by atoms with Crippen molar-refractivity contribution in [1.82, 2.24) is 9.97 Å². The summed E-state index contributed by atoms with van der Waals surface area (Å²) >= 11 is 0. The van der Waals surface area contributed by atoms with Crippen LogP contribution in [0.4, 0.5) is 19.1 Å². The Balaban J connectivity index is 2.13. The van der Waals surface area contributed by atoms with E-state index in [-0.39, 0.29) is 6.54 Å². The number of halogens is 3. The smallest absolute Gasteiger partial charge is 0.347 e. The van der Waals surface area contributed by atoms with Gasteiger partial charge in [0, 0.05) is 43.8 Å². The standard InChI is InChI=1S/C15H13F3N4/c1-22(2)14-20-6-10(7-21-14)12-4-11(15(16,17)18)3-9-5-19-8-13(9)12/h3-4,6-8H,5H2,1-2H3. The summed E-state index contributed by atoms with van der Waals surface area (Å²) in [7, 11) is 3.59. The average molecular weight is 306 g/mol. The Morgan fingerprint density at radius 1 is 1.09 bits per heavy atom. The molecule has 1 aromatic carbocycles. The normalized spacial score (nSPS) is 13.3. The van der Waals surface area contributed by atoms with E-state index >= 15 is 0 Å². The summed E-state index contributed by atoms with van der Waals surface area (Å²) in [5.74, 6) is 0.501. The minimum absolute atomic E-state index is 0.267. The van der Waals surface area contributed by atoms with E-state index in [0.717, 1.165) is 12.1 Å². The van der Waals surface area contributed by atoms with Crippen molar-refractivity contribution in [1.29, 1.82) is 0 Å². The maximum Gasteiger partial charge on any atom is 0.416 e. The second kappa shape index (κ2) is 5.08. The van der Waals surface area contributed by atoms with Gasteiger partial charge in [-0.25, -0.2) is 9.97 Å². The number of nitrogens with zero attached hydrogens (tertiary/aromatic N) is 4. The largest absolute Gasteiger partial charge is 0.416 e. The van der Waals surface area contributed by atoms with Crippen molar-refractivity contribution in [2.24, 2.45) is 4.99 Å². The molecule has 0 radical (unpaired) electrons. The van der Waals surface area contributed by atoms with Gasteiger partial charge in [-0.3, -0.25) is 4.99 Å². The second-order valence-electron chi connectivity index (χ2n) is 5.23. The van der Waals surface area contributed by atoms with Gasteiger partial charge < -0.3 is 4.90 Å². The minimum atomic E-state index is -4.39. The van der Waals surface area contributed by atoms with Gasteiger partial charge in [0.2, 0.25) is 5.95 Å². The predicted molar refractivity (Wildman–Crippen MR) is 78.1 cm³/mol. The maximum atomic E-state index is 13.0. The van der Waals surface area contributed by atoms with Crippen LogP contribution in [0.15, 0.2) is 29.5 Å². The molecule has 4 nitrogen and oxygen atoms in total. The predicted octanol–water partition coefficient (Wildman–Crippen LogP) is 3.16. The third-order valence-electron chi connectivity index (χ3n) is 3.42. The van der Waals surface area contributed by atoms with Crippen LogP contribution >= 0.6 is 0 Å². The fourth-order valence-electron chi connectivity index (χ4n) is 2.33. The van der Waals surface area contributed by atoms with Crippen LogP contribution in [0.25, 0.3) is 11.1 Å². The first-order chi connectivity index (χ1) is 10.4. The number of hydrogen-bond donors (Lipinski definition) is 0. The third kappa shape index (κ3) is 2.54. The number of rotatable bonds is 2. The molecule has 0 fully saturated rings. The van der Waals surface area contributed by atoms with Crippen LogP contribution in [0.5, 0.6) is 0 Å². The van der Waals surface area contributed by atoms with Crippen molar-refractivity contribution in [2.75, 3.05) is 19.0 Å². The zero-order valence-corrected chi connectivity index (χ0v) is 12.0. The molecule has 2 heterocycles. The summed E-state index contributed by atoms with van der Waals surface area (Å²) < 4.78 is 39.1. The van der Waals surface area contributed by atoms with Gasteiger partial charge in [0.05, 0.1) is 12.1 Å². The van der Waals surface area contributed by atoms with Crippen molar-refractivity contribution in [2.45, 2.75) is 12.7 Å². The fraction of sp³-hybridized carbons (Fsp3) is 0.267. The van der Waals surface area contributed by atoms with Gasteiger partial charge in [-0.05, 0) is 23.3 Å². The molecule has 0 N–H and O–H groups in total. The highest BCUT2D eigenvalue weighted by molar-refractivity contribution is 5.94. The quantitative estimate of drug-likeness (QED) is 0.856. The number of fused-ring (bicyclic) bond motifs is 1. The topological polar surface area (TPSA) is 41.4 Å². The molecule has 1 aliphatic heterocycles. The molecule has 1 aliphatic rings. The lowest BCUT2D eigenvalue weighted by atomic mass is 9.95. The van der Waals surface area contributed by atoms with Crippen molar-refractivity contribution in [3.63, 3.8) is 0 Å². The van der Waals surface area contributed by atoms with Crippen LogP contribution in [0.3, 0.4) is 0 Å². The fourth-order valence-corrected chi connectivity index (χ4v) is 2.33. The summed E-state index contributed by atoms with van der Waals surface area (Å²) in [6, 6.07) is 2.28. The van der Waals surface area contributed by atoms with E-state index in [2.05, 4.69) is 15.0 Å². The number of hydrogen-bond acceptors (Lipinski definition) is 4. The number of benzene rings is 1. The maximum absolute atomic E-state index is 13.0. The first kappa shape index (κ1) is 14.5. The summed E-state index contributed by atoms with van der Waals surface area (Å²) in [6.45, 7) is 0.267. The summed E-state index contributed by atoms with van der Waals surface area (Å²) in [5, 5.41) is 0. The van der Waals surface area contributed by atoms with Gasteiger partial charge in [0.15, 0.2) is 0 Å². The van der Waals surface area contributed by atoms with Crippen LogP contribution in [0, 0.1) is 0 Å². The monoisotopic (exact) mass is 306 g/mol. The lowest BCUT2D eigenvalue weighted by Crippen LogP contribution is -2.12. The van der Waals surface area contributed by atoms with Crippen LogP contribution < -0.4 is 4.90 Å². The Morgan fingerprint density at radius 3 is 2.36 bits per heavy atom. The van der Waals surface area contributed by atoms with E-state index in [9.17, 15) is 13.2 Å². The average Bonchev–Trinajstić information content (AvgIpc) is 2.93. The first-order valence-electron chi connectivity index (χ1n) is 6.60. The van der Waals surface area contributed by atoms with E-state index in [4.69, 9.17) is 0 Å². The molecular weight excluding hydrogens is 293 g/mol. The van der Waals surface area contributed by atoms with E-state index < -0.39 is 11.7 Å². The van der Waals surface area contributed by atoms with E-state index in [0.29, 0.717) is 28.2 Å². The van der Waals surface area contributed by atoms with Gasteiger partial charge in [0.25, 0.3) is 0 Å². The van der Waals surface area contributed by atoms with E-state index in [1.54, 1.807) is 25.2 Å². The third-order valence-corrected chi connectivity index (χ3v) is 3.42. The number of aliphatic imine (C=N–C) groups is 1. The Morgan fingerprint density at radius 2 is 1.77 bits per heavy atom. The van der Waals surface area contributed by atoms with Gasteiger partial charge in [-0.2, -0.15) is 13.2 Å². The van der Waals surface area contributed by atoms with Gasteiger partial charge in [-0.15, -0.1) is 0 Å². The number of alkyl halides is 3. The molecule has 0 amide bonds. The molecule has 114 valence electrons. The zero-order valence-electron chi connectivity index (χ0n) is 12.0. The lowest BCUT2D eigenvalue weighted by Gasteiger charge is -2.14. The first-order valence-corrected chi connectivity index (χ1v) is 6.60. The zero-order chi connectivity index (χ0) is 15.9. The highest BCUT2D eigenvalue weighted by atomic mass is 19.4. The molecule has 22 heavy (non-hydrogen) atoms. The molecule has 0 bridgehead atoms. The highest BCUT2D eigenvalue weighted by Gasteiger charge is 2.32. The van der Waals surface area contributed by atoms with E-state index in [1.165, 1.54) is 12.4 Å². The molecule has 0 saturated carbocycles. The molecule has 0 aliphatic carbocycles. The molecule has 7 heteroatoms. The molecule has 2 aromatic rings. The molecule has 0 atom stereocenters. The Kier molecular flexibility index (Phi) is 3.35. The molecular formula is C15H13F3N4.